The van der Waals surface area contributed by atoms with Crippen LogP contribution in [0.3, 0.4) is 0 Å². The van der Waals surface area contributed by atoms with Crippen molar-refractivity contribution in [2.24, 2.45) is 0 Å². The van der Waals surface area contributed by atoms with Crippen molar-refractivity contribution < 1.29 is 19.2 Å². The summed E-state index contributed by atoms with van der Waals surface area (Å²) < 4.78 is 12.2. The van der Waals surface area contributed by atoms with Gasteiger partial charge >= 0.3 is 0 Å². The van der Waals surface area contributed by atoms with Crippen molar-refractivity contribution in [1.29, 1.82) is 0 Å². The molecule has 0 fully saturated rings. The molecule has 1 heterocycles. The Balaban J connectivity index is 1.55. The molecule has 1 aromatic heterocycles. The summed E-state index contributed by atoms with van der Waals surface area (Å²) in [6, 6.07) is 21.6. The summed E-state index contributed by atoms with van der Waals surface area (Å²) in [5.41, 5.74) is 1.73. The molecule has 0 aliphatic heterocycles. The van der Waals surface area contributed by atoms with Crippen molar-refractivity contribution in [2.75, 3.05) is 25.3 Å². The van der Waals surface area contributed by atoms with E-state index in [1.54, 1.807) is 13.2 Å². The minimum absolute atomic E-state index is 0.0250. The molecule has 4 aromatic rings. The van der Waals surface area contributed by atoms with Crippen LogP contribution in [0.2, 0.25) is 0 Å². The Morgan fingerprint density at radius 1 is 1.00 bits per heavy atom. The minimum Gasteiger partial charge on any atom is -0.497 e. The van der Waals surface area contributed by atoms with E-state index in [-0.39, 0.29) is 17.1 Å². The third-order valence-corrected chi connectivity index (χ3v) is 6.17. The Morgan fingerprint density at radius 2 is 1.69 bits per heavy atom. The number of carbonyl (C=O) groups excluding carboxylic acids is 1. The van der Waals surface area contributed by atoms with Crippen LogP contribution in [0.4, 0.5) is 11.4 Å². The van der Waals surface area contributed by atoms with Crippen molar-refractivity contribution >= 4 is 29.0 Å². The van der Waals surface area contributed by atoms with Crippen LogP contribution in [0, 0.1) is 10.1 Å². The number of nitrogens with one attached hydrogen (secondary N) is 1. The van der Waals surface area contributed by atoms with Gasteiger partial charge in [0.05, 0.1) is 31.0 Å². The van der Waals surface area contributed by atoms with E-state index < -0.39 is 10.8 Å². The topological polar surface area (TPSA) is 121 Å². The molecule has 3 aromatic carbocycles. The van der Waals surface area contributed by atoms with Crippen LogP contribution in [0.5, 0.6) is 11.5 Å². The van der Waals surface area contributed by atoms with E-state index in [4.69, 9.17) is 9.47 Å². The Hall–Kier alpha value is -4.38. The summed E-state index contributed by atoms with van der Waals surface area (Å²) >= 11 is 1.18. The first-order chi connectivity index (χ1) is 17.5. The van der Waals surface area contributed by atoms with E-state index in [0.29, 0.717) is 28.9 Å². The van der Waals surface area contributed by atoms with Crippen molar-refractivity contribution in [2.45, 2.75) is 11.6 Å². The zero-order chi connectivity index (χ0) is 25.5. The van der Waals surface area contributed by atoms with Gasteiger partial charge in [-0.15, -0.1) is 10.2 Å². The molecule has 0 spiro atoms. The second kappa shape index (κ2) is 11.4. The quantitative estimate of drug-likeness (QED) is 0.190. The highest BCUT2D eigenvalue weighted by atomic mass is 32.2. The highest BCUT2D eigenvalue weighted by Crippen LogP contribution is 2.30. The Bertz CT molecular complexity index is 1360. The van der Waals surface area contributed by atoms with E-state index in [9.17, 15) is 14.9 Å². The standard InChI is InChI=1S/C25H23N5O5S/c1-34-19-10-8-18(9-11-19)29-23(14-17-6-4-3-5-7-17)27-28-25(29)36-16-24(31)26-21-13-12-20(35-2)15-22(21)30(32)33/h3-13,15H,14,16H2,1-2H3,(H,26,31). The fraction of sp³-hybridized carbons (Fsp3) is 0.160. The first-order valence-corrected chi connectivity index (χ1v) is 11.8. The number of anilines is 1. The number of methoxy groups -OCH3 is 2. The van der Waals surface area contributed by atoms with Crippen molar-refractivity contribution in [3.8, 4) is 17.2 Å². The van der Waals surface area contributed by atoms with Gasteiger partial charge in [0.25, 0.3) is 5.69 Å². The van der Waals surface area contributed by atoms with Crippen LogP contribution in [-0.4, -0.2) is 45.6 Å². The van der Waals surface area contributed by atoms with E-state index in [0.717, 1.165) is 11.3 Å². The average Bonchev–Trinajstić information content (AvgIpc) is 3.30. The molecular formula is C25H23N5O5S. The van der Waals surface area contributed by atoms with Crippen LogP contribution in [0.1, 0.15) is 11.4 Å². The fourth-order valence-electron chi connectivity index (χ4n) is 3.49. The highest BCUT2D eigenvalue weighted by Gasteiger charge is 2.20. The first-order valence-electron chi connectivity index (χ1n) is 10.9. The summed E-state index contributed by atoms with van der Waals surface area (Å²) in [5, 5.41) is 23.2. The number of amides is 1. The van der Waals surface area contributed by atoms with E-state index in [1.807, 2.05) is 59.2 Å². The van der Waals surface area contributed by atoms with Crippen LogP contribution in [-0.2, 0) is 11.2 Å². The predicted octanol–water partition coefficient (Wildman–Crippen LogP) is 4.51. The molecule has 11 heteroatoms. The lowest BCUT2D eigenvalue weighted by molar-refractivity contribution is -0.384. The number of thioether (sulfide) groups is 1. The van der Waals surface area contributed by atoms with Gasteiger partial charge in [-0.05, 0) is 42.0 Å². The minimum atomic E-state index is -0.568. The van der Waals surface area contributed by atoms with E-state index >= 15 is 0 Å². The van der Waals surface area contributed by atoms with Crippen molar-refractivity contribution in [3.63, 3.8) is 0 Å². The molecule has 10 nitrogen and oxygen atoms in total. The number of ether oxygens (including phenoxy) is 2. The summed E-state index contributed by atoms with van der Waals surface area (Å²) in [6.45, 7) is 0. The number of hydrogen-bond acceptors (Lipinski definition) is 8. The molecule has 1 amide bonds. The number of aromatic nitrogens is 3. The molecular weight excluding hydrogens is 482 g/mol. The predicted molar refractivity (Wildman–Crippen MR) is 136 cm³/mol. The molecule has 0 unspecified atom stereocenters. The number of benzene rings is 3. The Morgan fingerprint density at radius 3 is 2.36 bits per heavy atom. The summed E-state index contributed by atoms with van der Waals surface area (Å²) in [5.74, 6) is 1.31. The molecule has 0 aliphatic carbocycles. The number of nitro groups is 1. The maximum absolute atomic E-state index is 12.7. The Labute approximate surface area is 211 Å². The molecule has 1 N–H and O–H groups in total. The van der Waals surface area contributed by atoms with Gasteiger partial charge in [0, 0.05) is 12.1 Å². The van der Waals surface area contributed by atoms with Crippen LogP contribution in [0.25, 0.3) is 5.69 Å². The first kappa shape index (κ1) is 24.7. The number of rotatable bonds is 10. The fourth-order valence-corrected chi connectivity index (χ4v) is 4.26. The van der Waals surface area contributed by atoms with Gasteiger partial charge < -0.3 is 14.8 Å². The van der Waals surface area contributed by atoms with Crippen LogP contribution < -0.4 is 14.8 Å². The van der Waals surface area contributed by atoms with Gasteiger partial charge in [0.1, 0.15) is 23.0 Å². The monoisotopic (exact) mass is 505 g/mol. The molecule has 0 bridgehead atoms. The van der Waals surface area contributed by atoms with Gasteiger partial charge in [0.15, 0.2) is 5.16 Å². The van der Waals surface area contributed by atoms with Crippen molar-refractivity contribution in [3.05, 3.63) is 94.3 Å². The lowest BCUT2D eigenvalue weighted by Gasteiger charge is -2.11. The van der Waals surface area contributed by atoms with Crippen molar-refractivity contribution in [1.82, 2.24) is 14.8 Å². The van der Waals surface area contributed by atoms with E-state index in [2.05, 4.69) is 15.5 Å². The van der Waals surface area contributed by atoms with Crippen LogP contribution in [0.15, 0.2) is 78.0 Å². The lowest BCUT2D eigenvalue weighted by Crippen LogP contribution is -2.15. The molecule has 0 atom stereocenters. The van der Waals surface area contributed by atoms with Gasteiger partial charge in [-0.3, -0.25) is 19.5 Å². The average molecular weight is 506 g/mol. The number of nitrogens with zero attached hydrogens (tertiary/aromatic N) is 4. The maximum Gasteiger partial charge on any atom is 0.296 e. The molecule has 36 heavy (non-hydrogen) atoms. The molecule has 4 rings (SSSR count). The number of carbonyl (C=O) groups is 1. The molecule has 0 aliphatic rings. The lowest BCUT2D eigenvalue weighted by atomic mass is 10.1. The van der Waals surface area contributed by atoms with Crippen LogP contribution >= 0.6 is 11.8 Å². The molecule has 0 saturated carbocycles. The third kappa shape index (κ3) is 5.81. The SMILES string of the molecule is COc1ccc(-n2c(Cc3ccccc3)nnc2SCC(=O)Nc2ccc(OC)cc2[N+](=O)[O-])cc1. The summed E-state index contributed by atoms with van der Waals surface area (Å²) in [7, 11) is 3.01. The normalized spacial score (nSPS) is 10.6. The molecule has 0 radical (unpaired) electrons. The summed E-state index contributed by atoms with van der Waals surface area (Å²) in [6.07, 6.45) is 0.546. The second-order valence-electron chi connectivity index (χ2n) is 7.57. The largest absolute Gasteiger partial charge is 0.497 e. The maximum atomic E-state index is 12.7. The highest BCUT2D eigenvalue weighted by molar-refractivity contribution is 7.99. The third-order valence-electron chi connectivity index (χ3n) is 5.24. The smallest absolute Gasteiger partial charge is 0.296 e. The zero-order valence-electron chi connectivity index (χ0n) is 19.6. The Kier molecular flexibility index (Phi) is 7.81. The number of nitro benzene ring substituents is 1. The van der Waals surface area contributed by atoms with Gasteiger partial charge in [-0.25, -0.2) is 0 Å². The molecule has 0 saturated heterocycles. The molecule has 184 valence electrons. The zero-order valence-corrected chi connectivity index (χ0v) is 20.4. The second-order valence-corrected chi connectivity index (χ2v) is 8.51. The van der Waals surface area contributed by atoms with Gasteiger partial charge in [-0.2, -0.15) is 0 Å². The summed E-state index contributed by atoms with van der Waals surface area (Å²) in [4.78, 5) is 23.5. The van der Waals surface area contributed by atoms with Gasteiger partial charge in [0.2, 0.25) is 5.91 Å². The van der Waals surface area contributed by atoms with E-state index in [1.165, 1.54) is 31.0 Å². The van der Waals surface area contributed by atoms with Gasteiger partial charge in [-0.1, -0.05) is 42.1 Å². The number of hydrogen-bond donors (Lipinski definition) is 1.